The van der Waals surface area contributed by atoms with Gasteiger partial charge in [-0.15, -0.1) is 0 Å². The van der Waals surface area contributed by atoms with Gasteiger partial charge in [-0.2, -0.15) is 0 Å². The lowest BCUT2D eigenvalue weighted by Crippen LogP contribution is -2.43. The lowest BCUT2D eigenvalue weighted by atomic mass is 9.80. The van der Waals surface area contributed by atoms with Gasteiger partial charge in [-0.25, -0.2) is 4.39 Å². The Labute approximate surface area is 124 Å². The first-order chi connectivity index (χ1) is 9.95. The maximum atomic E-state index is 13.6. The highest BCUT2D eigenvalue weighted by Gasteiger charge is 2.29. The quantitative estimate of drug-likeness (QED) is 0.582. The summed E-state index contributed by atoms with van der Waals surface area (Å²) in [6.45, 7) is 4.82. The van der Waals surface area contributed by atoms with Gasteiger partial charge in [0.25, 0.3) is 5.91 Å². The summed E-state index contributed by atoms with van der Waals surface area (Å²) in [7, 11) is 2.10. The molecule has 0 aliphatic carbocycles. The van der Waals surface area contributed by atoms with Crippen LogP contribution in [0.25, 0.3) is 0 Å². The van der Waals surface area contributed by atoms with E-state index >= 15 is 0 Å². The van der Waals surface area contributed by atoms with E-state index in [0.29, 0.717) is 6.54 Å². The second-order valence-electron chi connectivity index (χ2n) is 6.10. The molecule has 1 aliphatic heterocycles. The molecule has 1 saturated heterocycles. The van der Waals surface area contributed by atoms with Gasteiger partial charge in [0.2, 0.25) is 0 Å². The fraction of sp³-hybridized carbons (Fsp3) is 0.533. The first-order valence-electron chi connectivity index (χ1n) is 7.17. The molecule has 0 bridgehead atoms. The Morgan fingerprint density at radius 3 is 2.71 bits per heavy atom. The molecule has 0 saturated carbocycles. The van der Waals surface area contributed by atoms with Gasteiger partial charge in [-0.3, -0.25) is 10.6 Å². The molecule has 1 heterocycles. The van der Waals surface area contributed by atoms with Crippen LogP contribution in [0.3, 0.4) is 0 Å². The monoisotopic (exact) mass is 294 g/mol. The minimum absolute atomic E-state index is 0.0310. The average Bonchev–Trinajstić information content (AvgIpc) is 2.48. The number of hydrazine groups is 1. The molecule has 1 fully saturated rings. The summed E-state index contributed by atoms with van der Waals surface area (Å²) in [5, 5.41) is 2.91. The summed E-state index contributed by atoms with van der Waals surface area (Å²) in [5.41, 5.74) is 2.61. The zero-order valence-electron chi connectivity index (χ0n) is 12.6. The van der Waals surface area contributed by atoms with Gasteiger partial charge in [-0.05, 0) is 50.5 Å². The molecule has 0 radical (unpaired) electrons. The van der Waals surface area contributed by atoms with Gasteiger partial charge >= 0.3 is 0 Å². The van der Waals surface area contributed by atoms with Gasteiger partial charge in [0.15, 0.2) is 0 Å². The number of benzene rings is 1. The third-order valence-electron chi connectivity index (χ3n) is 4.27. The van der Waals surface area contributed by atoms with E-state index in [1.165, 1.54) is 12.1 Å². The molecular weight excluding hydrogens is 271 g/mol. The lowest BCUT2D eigenvalue weighted by molar-refractivity contribution is 0.0892. The van der Waals surface area contributed by atoms with Crippen LogP contribution in [0.2, 0.25) is 0 Å². The van der Waals surface area contributed by atoms with E-state index in [1.807, 2.05) is 0 Å². The molecule has 0 spiro atoms. The van der Waals surface area contributed by atoms with Crippen molar-refractivity contribution >= 4 is 11.6 Å². The number of hydrogen-bond donors (Lipinski definition) is 3. The average molecular weight is 294 g/mol. The number of nitrogens with two attached hydrogens (primary N) is 1. The molecule has 4 N–H and O–H groups in total. The number of hydrogen-bond acceptors (Lipinski definition) is 4. The van der Waals surface area contributed by atoms with E-state index in [1.54, 1.807) is 6.07 Å². The van der Waals surface area contributed by atoms with E-state index in [0.717, 1.165) is 25.9 Å². The summed E-state index contributed by atoms with van der Waals surface area (Å²) in [5.74, 6) is 4.46. The number of carbonyl (C=O) groups is 1. The third kappa shape index (κ3) is 3.71. The zero-order chi connectivity index (χ0) is 15.5. The van der Waals surface area contributed by atoms with Gasteiger partial charge < -0.3 is 15.6 Å². The standard InChI is InChI=1S/C15H23FN4O/c1-15(6-8-20(2)9-7-15)10-18-14(21)11-4-3-5-12(16)13(11)19-17/h3-5,19H,6-10,17H2,1-2H3,(H,18,21). The van der Waals surface area contributed by atoms with Crippen molar-refractivity contribution in [2.75, 3.05) is 32.1 Å². The predicted octanol–water partition coefficient (Wildman–Crippen LogP) is 1.57. The van der Waals surface area contributed by atoms with Gasteiger partial charge in [0.05, 0.1) is 11.3 Å². The first-order valence-corrected chi connectivity index (χ1v) is 7.17. The number of nitrogens with zero attached hydrogens (tertiary/aromatic N) is 1. The fourth-order valence-electron chi connectivity index (χ4n) is 2.58. The number of para-hydroxylation sites is 1. The summed E-state index contributed by atoms with van der Waals surface area (Å²) < 4.78 is 13.6. The second-order valence-corrected chi connectivity index (χ2v) is 6.10. The van der Waals surface area contributed by atoms with Crippen molar-refractivity contribution in [2.24, 2.45) is 11.3 Å². The zero-order valence-corrected chi connectivity index (χ0v) is 12.6. The molecule has 0 aromatic heterocycles. The van der Waals surface area contributed by atoms with Gasteiger partial charge in [0.1, 0.15) is 5.82 Å². The number of nitrogen functional groups attached to an aromatic ring is 1. The van der Waals surface area contributed by atoms with Crippen LogP contribution in [0, 0.1) is 11.2 Å². The number of nitrogens with one attached hydrogen (secondary N) is 2. The molecule has 0 atom stereocenters. The Morgan fingerprint density at radius 2 is 2.10 bits per heavy atom. The van der Waals surface area contributed by atoms with Crippen molar-refractivity contribution in [1.82, 2.24) is 10.2 Å². The summed E-state index contributed by atoms with van der Waals surface area (Å²) >= 11 is 0. The highest BCUT2D eigenvalue weighted by molar-refractivity contribution is 5.99. The van der Waals surface area contributed by atoms with E-state index < -0.39 is 5.82 Å². The number of amides is 1. The molecule has 116 valence electrons. The normalized spacial score (nSPS) is 18.3. The fourth-order valence-corrected chi connectivity index (χ4v) is 2.58. The summed E-state index contributed by atoms with van der Waals surface area (Å²) in [4.78, 5) is 14.5. The van der Waals surface area contributed by atoms with Crippen LogP contribution in [0.15, 0.2) is 18.2 Å². The van der Waals surface area contributed by atoms with Crippen LogP contribution in [0.5, 0.6) is 0 Å². The smallest absolute Gasteiger partial charge is 0.253 e. The minimum atomic E-state index is -0.532. The van der Waals surface area contributed by atoms with Crippen molar-refractivity contribution in [3.05, 3.63) is 29.6 Å². The number of rotatable bonds is 4. The Kier molecular flexibility index (Phi) is 4.80. The molecular formula is C15H23FN4O. The largest absolute Gasteiger partial charge is 0.351 e. The van der Waals surface area contributed by atoms with Crippen LogP contribution in [-0.2, 0) is 0 Å². The van der Waals surface area contributed by atoms with Gasteiger partial charge in [0, 0.05) is 6.54 Å². The first kappa shape index (κ1) is 15.7. The maximum absolute atomic E-state index is 13.6. The van der Waals surface area contributed by atoms with Crippen LogP contribution in [-0.4, -0.2) is 37.5 Å². The number of anilines is 1. The lowest BCUT2D eigenvalue weighted by Gasteiger charge is -2.38. The van der Waals surface area contributed by atoms with Crippen LogP contribution in [0.4, 0.5) is 10.1 Å². The predicted molar refractivity (Wildman–Crippen MR) is 81.4 cm³/mol. The van der Waals surface area contributed by atoms with Crippen molar-refractivity contribution in [1.29, 1.82) is 0 Å². The molecule has 6 heteroatoms. The van der Waals surface area contributed by atoms with Gasteiger partial charge in [-0.1, -0.05) is 13.0 Å². The van der Waals surface area contributed by atoms with Crippen molar-refractivity contribution in [2.45, 2.75) is 19.8 Å². The Bertz CT molecular complexity index is 512. The Morgan fingerprint density at radius 1 is 1.43 bits per heavy atom. The number of carbonyl (C=O) groups excluding carboxylic acids is 1. The molecule has 2 rings (SSSR count). The Hall–Kier alpha value is -1.66. The Balaban J connectivity index is 2.01. The number of halogens is 1. The molecule has 1 aromatic carbocycles. The maximum Gasteiger partial charge on any atom is 0.253 e. The second kappa shape index (κ2) is 6.41. The van der Waals surface area contributed by atoms with Crippen molar-refractivity contribution in [3.63, 3.8) is 0 Å². The molecule has 1 aromatic rings. The highest BCUT2D eigenvalue weighted by Crippen LogP contribution is 2.29. The molecule has 1 amide bonds. The SMILES string of the molecule is CN1CCC(C)(CNC(=O)c2cccc(F)c2NN)CC1. The molecule has 0 unspecified atom stereocenters. The van der Waals surface area contributed by atoms with E-state index in [2.05, 4.69) is 29.6 Å². The minimum Gasteiger partial charge on any atom is -0.351 e. The van der Waals surface area contributed by atoms with Crippen molar-refractivity contribution < 1.29 is 9.18 Å². The van der Waals surface area contributed by atoms with Crippen LogP contribution < -0.4 is 16.6 Å². The number of likely N-dealkylation sites (tertiary alicyclic amines) is 1. The third-order valence-corrected chi connectivity index (χ3v) is 4.27. The van der Waals surface area contributed by atoms with E-state index in [4.69, 9.17) is 5.84 Å². The van der Waals surface area contributed by atoms with Crippen LogP contribution in [0.1, 0.15) is 30.1 Å². The highest BCUT2D eigenvalue weighted by atomic mass is 19.1. The van der Waals surface area contributed by atoms with Crippen LogP contribution >= 0.6 is 0 Å². The van der Waals surface area contributed by atoms with E-state index in [9.17, 15) is 9.18 Å². The summed E-state index contributed by atoms with van der Waals surface area (Å²) in [6, 6.07) is 4.33. The van der Waals surface area contributed by atoms with E-state index in [-0.39, 0.29) is 22.6 Å². The molecule has 1 aliphatic rings. The number of piperidine rings is 1. The topological polar surface area (TPSA) is 70.4 Å². The molecule has 5 nitrogen and oxygen atoms in total. The molecule has 21 heavy (non-hydrogen) atoms. The summed E-state index contributed by atoms with van der Waals surface area (Å²) in [6.07, 6.45) is 2.07. The van der Waals surface area contributed by atoms with Crippen molar-refractivity contribution in [3.8, 4) is 0 Å².